The summed E-state index contributed by atoms with van der Waals surface area (Å²) in [7, 11) is 0. The first-order valence-corrected chi connectivity index (χ1v) is 13.4. The predicted octanol–water partition coefficient (Wildman–Crippen LogP) is 9.05. The highest BCUT2D eigenvalue weighted by molar-refractivity contribution is 7.20. The van der Waals surface area contributed by atoms with Crippen LogP contribution in [0.3, 0.4) is 0 Å². The van der Waals surface area contributed by atoms with Crippen LogP contribution in [0.4, 0.5) is 0 Å². The second-order valence-corrected chi connectivity index (χ2v) is 11.2. The van der Waals surface area contributed by atoms with Gasteiger partial charge in [0.1, 0.15) is 0 Å². The average molecular weight is 452 g/mol. The van der Waals surface area contributed by atoms with Crippen molar-refractivity contribution in [1.82, 2.24) is 4.90 Å². The number of thiophene rings is 1. The maximum Gasteiger partial charge on any atom is 0.0747 e. The van der Waals surface area contributed by atoms with Crippen LogP contribution < -0.4 is 0 Å². The zero-order valence-corrected chi connectivity index (χ0v) is 20.6. The van der Waals surface area contributed by atoms with E-state index in [4.69, 9.17) is 0 Å². The Morgan fingerprint density at radius 3 is 2.70 bits per heavy atom. The van der Waals surface area contributed by atoms with Crippen molar-refractivity contribution < 1.29 is 0 Å². The molecule has 33 heavy (non-hydrogen) atoms. The van der Waals surface area contributed by atoms with Gasteiger partial charge < -0.3 is 4.90 Å². The molecule has 1 aromatic heterocycles. The number of hydrogen-bond acceptors (Lipinski definition) is 2. The minimum absolute atomic E-state index is 0.400. The second-order valence-electron chi connectivity index (χ2n) is 10.2. The van der Waals surface area contributed by atoms with Gasteiger partial charge in [-0.1, -0.05) is 80.6 Å². The summed E-state index contributed by atoms with van der Waals surface area (Å²) >= 11 is 1.99. The van der Waals surface area contributed by atoms with Crippen molar-refractivity contribution >= 4 is 33.1 Å². The molecule has 0 radical (unpaired) electrons. The van der Waals surface area contributed by atoms with Gasteiger partial charge in [-0.05, 0) is 71.6 Å². The van der Waals surface area contributed by atoms with Crippen LogP contribution in [0, 0.1) is 12.8 Å². The monoisotopic (exact) mass is 451 g/mol. The smallest absolute Gasteiger partial charge is 0.0747 e. The van der Waals surface area contributed by atoms with E-state index in [2.05, 4.69) is 85.6 Å². The maximum absolute atomic E-state index is 2.58. The molecule has 1 unspecified atom stereocenters. The van der Waals surface area contributed by atoms with Gasteiger partial charge >= 0.3 is 0 Å². The number of aryl methyl sites for hydroxylation is 1. The Morgan fingerprint density at radius 1 is 1.06 bits per heavy atom. The first kappa shape index (κ1) is 21.0. The first-order valence-electron chi connectivity index (χ1n) is 12.6. The van der Waals surface area contributed by atoms with E-state index in [9.17, 15) is 0 Å². The molecule has 1 atom stereocenters. The summed E-state index contributed by atoms with van der Waals surface area (Å²) in [5, 5.41) is 1.43. The van der Waals surface area contributed by atoms with Crippen molar-refractivity contribution in [2.45, 2.75) is 65.0 Å². The Bertz CT molecular complexity index is 1270. The lowest BCUT2D eigenvalue weighted by molar-refractivity contribution is 0.336. The van der Waals surface area contributed by atoms with E-state index in [1.807, 2.05) is 11.3 Å². The Morgan fingerprint density at radius 2 is 1.88 bits per heavy atom. The maximum atomic E-state index is 2.58. The molecule has 0 amide bonds. The molecule has 0 spiro atoms. The molecular formula is C31H33NS. The molecule has 6 rings (SSSR count). The van der Waals surface area contributed by atoms with Gasteiger partial charge in [0.15, 0.2) is 0 Å². The molecule has 168 valence electrons. The highest BCUT2D eigenvalue weighted by atomic mass is 32.1. The number of allylic oxidation sites excluding steroid dienone is 3. The van der Waals surface area contributed by atoms with Crippen LogP contribution in [0.2, 0.25) is 0 Å². The quantitative estimate of drug-likeness (QED) is 0.382. The summed E-state index contributed by atoms with van der Waals surface area (Å²) in [6, 6.07) is 15.9. The van der Waals surface area contributed by atoms with Gasteiger partial charge in [-0.2, -0.15) is 0 Å². The highest BCUT2D eigenvalue weighted by Gasteiger charge is 2.32. The SMILES string of the molecule is C/C(=C\c1sc2c3c(ccc2c1C)CN1C=CC(CC2CCCCC2)=CC31)c1ccccc1. The zero-order chi connectivity index (χ0) is 22.4. The highest BCUT2D eigenvalue weighted by Crippen LogP contribution is 2.47. The Kier molecular flexibility index (Phi) is 5.50. The summed E-state index contributed by atoms with van der Waals surface area (Å²) in [6.45, 7) is 5.56. The molecule has 3 aromatic rings. The van der Waals surface area contributed by atoms with E-state index in [1.54, 1.807) is 11.1 Å². The summed E-state index contributed by atoms with van der Waals surface area (Å²) in [5.74, 6) is 0.888. The second kappa shape index (κ2) is 8.65. The third kappa shape index (κ3) is 3.89. The molecule has 1 fully saturated rings. The molecular weight excluding hydrogens is 418 g/mol. The number of rotatable bonds is 4. The van der Waals surface area contributed by atoms with Gasteiger partial charge in [0, 0.05) is 27.9 Å². The fourth-order valence-electron chi connectivity index (χ4n) is 6.04. The van der Waals surface area contributed by atoms with E-state index in [1.165, 1.54) is 75.8 Å². The van der Waals surface area contributed by atoms with Crippen molar-refractivity contribution in [3.05, 3.63) is 93.5 Å². The molecule has 1 nitrogen and oxygen atoms in total. The molecule has 2 aromatic carbocycles. The van der Waals surface area contributed by atoms with Crippen molar-refractivity contribution in [2.75, 3.05) is 0 Å². The molecule has 1 saturated carbocycles. The van der Waals surface area contributed by atoms with Gasteiger partial charge in [0.05, 0.1) is 6.04 Å². The van der Waals surface area contributed by atoms with E-state index in [0.717, 1.165) is 12.5 Å². The standard InChI is InChI=1S/C31H33NS/c1-21(25-11-7-4-8-12-25)17-29-22(2)27-14-13-26-20-32-16-15-24(18-23-9-5-3-6-10-23)19-28(32)30(26)31(27)33-29/h4,7-8,11-17,19,23,28H,3,5-6,9-10,18,20H2,1-2H3/b21-17+. The first-order chi connectivity index (χ1) is 16.2. The molecule has 0 saturated heterocycles. The summed E-state index contributed by atoms with van der Waals surface area (Å²) < 4.78 is 1.49. The van der Waals surface area contributed by atoms with Gasteiger partial charge in [-0.25, -0.2) is 0 Å². The molecule has 0 bridgehead atoms. The Hall–Kier alpha value is -2.58. The topological polar surface area (TPSA) is 3.24 Å². The van der Waals surface area contributed by atoms with E-state index < -0.39 is 0 Å². The number of nitrogens with zero attached hydrogens (tertiary/aromatic N) is 1. The molecule has 2 aliphatic heterocycles. The van der Waals surface area contributed by atoms with Crippen LogP contribution in [-0.2, 0) is 6.54 Å². The van der Waals surface area contributed by atoms with Crippen molar-refractivity contribution in [3.63, 3.8) is 0 Å². The zero-order valence-electron chi connectivity index (χ0n) is 19.8. The normalized spacial score (nSPS) is 20.8. The van der Waals surface area contributed by atoms with E-state index in [0.29, 0.717) is 6.04 Å². The number of benzene rings is 2. The van der Waals surface area contributed by atoms with Crippen LogP contribution in [-0.4, -0.2) is 4.90 Å². The fraction of sp³-hybridized carbons (Fsp3) is 0.355. The van der Waals surface area contributed by atoms with Crippen LogP contribution in [0.15, 0.2) is 66.4 Å². The lowest BCUT2D eigenvalue weighted by Crippen LogP contribution is -2.18. The summed E-state index contributed by atoms with van der Waals surface area (Å²) in [5.41, 5.74) is 8.68. The predicted molar refractivity (Wildman–Crippen MR) is 143 cm³/mol. The summed E-state index contributed by atoms with van der Waals surface area (Å²) in [4.78, 5) is 3.94. The molecule has 2 heteroatoms. The van der Waals surface area contributed by atoms with Gasteiger partial charge in [-0.3, -0.25) is 0 Å². The molecule has 3 aliphatic rings. The Labute approximate surface area is 202 Å². The van der Waals surface area contributed by atoms with Gasteiger partial charge in [0.25, 0.3) is 0 Å². The molecule has 1 aliphatic carbocycles. The van der Waals surface area contributed by atoms with Crippen molar-refractivity contribution in [1.29, 1.82) is 0 Å². The van der Waals surface area contributed by atoms with Gasteiger partial charge in [0.2, 0.25) is 0 Å². The third-order valence-electron chi connectivity index (χ3n) is 7.96. The average Bonchev–Trinajstić information content (AvgIpc) is 3.37. The van der Waals surface area contributed by atoms with Crippen molar-refractivity contribution in [2.24, 2.45) is 5.92 Å². The third-order valence-corrected chi connectivity index (χ3v) is 9.24. The lowest BCUT2D eigenvalue weighted by Gasteiger charge is -2.28. The fourth-order valence-corrected chi connectivity index (χ4v) is 7.45. The van der Waals surface area contributed by atoms with Crippen molar-refractivity contribution in [3.8, 4) is 0 Å². The van der Waals surface area contributed by atoms with Crippen LogP contribution in [0.1, 0.15) is 78.6 Å². The lowest BCUT2D eigenvalue weighted by atomic mass is 9.83. The van der Waals surface area contributed by atoms with E-state index >= 15 is 0 Å². The number of fused-ring (bicyclic) bond motifs is 5. The summed E-state index contributed by atoms with van der Waals surface area (Å²) in [6.07, 6.45) is 18.1. The molecule has 0 N–H and O–H groups in total. The van der Waals surface area contributed by atoms with E-state index in [-0.39, 0.29) is 0 Å². The van der Waals surface area contributed by atoms with Crippen LogP contribution in [0.5, 0.6) is 0 Å². The minimum atomic E-state index is 0.400. The molecule has 3 heterocycles. The number of hydrogen-bond donors (Lipinski definition) is 0. The largest absolute Gasteiger partial charge is 0.363 e. The van der Waals surface area contributed by atoms with Crippen LogP contribution >= 0.6 is 11.3 Å². The van der Waals surface area contributed by atoms with Crippen LogP contribution in [0.25, 0.3) is 21.7 Å². The minimum Gasteiger partial charge on any atom is -0.363 e. The Balaban J connectivity index is 1.37. The van der Waals surface area contributed by atoms with Gasteiger partial charge in [-0.15, -0.1) is 11.3 Å².